The van der Waals surface area contributed by atoms with Gasteiger partial charge in [0.15, 0.2) is 0 Å². The van der Waals surface area contributed by atoms with Gasteiger partial charge < -0.3 is 10.6 Å². The number of primary amides is 1. The molecule has 0 aliphatic carbocycles. The number of hydrogen-bond acceptors (Lipinski definition) is 2. The molecule has 3 rings (SSSR count). The van der Waals surface area contributed by atoms with Crippen molar-refractivity contribution in [3.8, 4) is 0 Å². The van der Waals surface area contributed by atoms with Gasteiger partial charge >= 0.3 is 0 Å². The molecular formula is C18H18N2O2. The van der Waals surface area contributed by atoms with Crippen LogP contribution in [0.4, 0.5) is 5.69 Å². The Morgan fingerprint density at radius 1 is 1.09 bits per heavy atom. The summed E-state index contributed by atoms with van der Waals surface area (Å²) in [6.07, 6.45) is 0.586. The lowest BCUT2D eigenvalue weighted by Gasteiger charge is -2.33. The quantitative estimate of drug-likeness (QED) is 0.923. The molecule has 0 bridgehead atoms. The molecule has 1 aliphatic heterocycles. The highest BCUT2D eigenvalue weighted by atomic mass is 16.2. The van der Waals surface area contributed by atoms with E-state index in [4.69, 9.17) is 5.73 Å². The summed E-state index contributed by atoms with van der Waals surface area (Å²) in [5.74, 6) is -0.795. The van der Waals surface area contributed by atoms with E-state index in [1.54, 1.807) is 4.90 Å². The molecule has 2 aromatic carbocycles. The Morgan fingerprint density at radius 2 is 1.77 bits per heavy atom. The zero-order valence-corrected chi connectivity index (χ0v) is 12.5. The minimum atomic E-state index is -0.364. The summed E-state index contributed by atoms with van der Waals surface area (Å²) in [4.78, 5) is 26.2. The Labute approximate surface area is 129 Å². The molecule has 0 saturated heterocycles. The Hall–Kier alpha value is -2.62. The summed E-state index contributed by atoms with van der Waals surface area (Å²) in [6, 6.07) is 15.2. The number of aryl methyl sites for hydroxylation is 1. The van der Waals surface area contributed by atoms with Gasteiger partial charge in [0.1, 0.15) is 0 Å². The molecule has 0 radical (unpaired) electrons. The normalized spacial score (nSPS) is 17.0. The maximum Gasteiger partial charge on any atom is 0.258 e. The molecule has 4 heteroatoms. The van der Waals surface area contributed by atoms with Crippen LogP contribution in [0.1, 0.15) is 21.5 Å². The van der Waals surface area contributed by atoms with E-state index < -0.39 is 0 Å². The van der Waals surface area contributed by atoms with Crippen LogP contribution in [-0.2, 0) is 11.2 Å². The first-order valence-corrected chi connectivity index (χ1v) is 7.32. The fourth-order valence-corrected chi connectivity index (χ4v) is 2.94. The first-order valence-electron chi connectivity index (χ1n) is 7.32. The number of benzene rings is 2. The number of anilines is 1. The number of nitrogens with zero attached hydrogens (tertiary/aromatic N) is 1. The molecule has 0 fully saturated rings. The topological polar surface area (TPSA) is 63.4 Å². The van der Waals surface area contributed by atoms with Crippen LogP contribution in [0.5, 0.6) is 0 Å². The highest BCUT2D eigenvalue weighted by Crippen LogP contribution is 2.31. The van der Waals surface area contributed by atoms with E-state index in [-0.39, 0.29) is 17.7 Å². The third-order valence-corrected chi connectivity index (χ3v) is 4.17. The first-order chi connectivity index (χ1) is 10.6. The standard InChI is InChI=1S/C18H18N2O2/c1-12-6-2-4-8-15(12)18(22)20-11-14(17(19)21)10-13-7-3-5-9-16(13)20/h2-9,14H,10-11H2,1H3,(H2,19,21). The maximum absolute atomic E-state index is 12.9. The van der Waals surface area contributed by atoms with E-state index in [9.17, 15) is 9.59 Å². The predicted octanol–water partition coefficient (Wildman–Crippen LogP) is 2.30. The van der Waals surface area contributed by atoms with Crippen LogP contribution in [0.2, 0.25) is 0 Å². The number of nitrogens with two attached hydrogens (primary N) is 1. The van der Waals surface area contributed by atoms with Crippen molar-refractivity contribution in [3.05, 3.63) is 65.2 Å². The monoisotopic (exact) mass is 294 g/mol. The van der Waals surface area contributed by atoms with Gasteiger partial charge in [-0.1, -0.05) is 36.4 Å². The molecule has 0 spiro atoms. The number of carbonyl (C=O) groups is 2. The minimum absolute atomic E-state index is 0.0866. The van der Waals surface area contributed by atoms with E-state index in [0.717, 1.165) is 16.8 Å². The largest absolute Gasteiger partial charge is 0.369 e. The Morgan fingerprint density at radius 3 is 2.50 bits per heavy atom. The first kappa shape index (κ1) is 14.3. The van der Waals surface area contributed by atoms with Gasteiger partial charge in [-0.25, -0.2) is 0 Å². The van der Waals surface area contributed by atoms with E-state index in [1.165, 1.54) is 0 Å². The number of para-hydroxylation sites is 1. The van der Waals surface area contributed by atoms with E-state index in [0.29, 0.717) is 18.5 Å². The van der Waals surface area contributed by atoms with Gasteiger partial charge in [-0.2, -0.15) is 0 Å². The highest BCUT2D eigenvalue weighted by molar-refractivity contribution is 6.08. The molecule has 1 heterocycles. The van der Waals surface area contributed by atoms with Gasteiger partial charge in [0.2, 0.25) is 5.91 Å². The van der Waals surface area contributed by atoms with Crippen molar-refractivity contribution in [3.63, 3.8) is 0 Å². The summed E-state index contributed by atoms with van der Waals surface area (Å²) in [5.41, 5.74) is 8.91. The lowest BCUT2D eigenvalue weighted by atomic mass is 9.91. The molecule has 2 amide bonds. The summed E-state index contributed by atoms with van der Waals surface area (Å²) in [6.45, 7) is 2.24. The number of carbonyl (C=O) groups excluding carboxylic acids is 2. The third kappa shape index (κ3) is 2.48. The van der Waals surface area contributed by atoms with Crippen molar-refractivity contribution < 1.29 is 9.59 Å². The van der Waals surface area contributed by atoms with Crippen molar-refractivity contribution >= 4 is 17.5 Å². The molecular weight excluding hydrogens is 276 g/mol. The van der Waals surface area contributed by atoms with Gasteiger partial charge in [0, 0.05) is 17.8 Å². The molecule has 0 aromatic heterocycles. The molecule has 2 aromatic rings. The van der Waals surface area contributed by atoms with Crippen molar-refractivity contribution in [2.45, 2.75) is 13.3 Å². The molecule has 4 nitrogen and oxygen atoms in total. The summed E-state index contributed by atoms with van der Waals surface area (Å²) in [7, 11) is 0. The van der Waals surface area contributed by atoms with Crippen LogP contribution in [0, 0.1) is 12.8 Å². The van der Waals surface area contributed by atoms with Crippen LogP contribution in [-0.4, -0.2) is 18.4 Å². The molecule has 112 valence electrons. The number of rotatable bonds is 2. The molecule has 0 saturated carbocycles. The lowest BCUT2D eigenvalue weighted by molar-refractivity contribution is -0.121. The average molecular weight is 294 g/mol. The van der Waals surface area contributed by atoms with Crippen LogP contribution < -0.4 is 10.6 Å². The van der Waals surface area contributed by atoms with E-state index in [1.807, 2.05) is 55.5 Å². The third-order valence-electron chi connectivity index (χ3n) is 4.17. The van der Waals surface area contributed by atoms with Crippen LogP contribution in [0.25, 0.3) is 0 Å². The number of fused-ring (bicyclic) bond motifs is 1. The molecule has 1 unspecified atom stereocenters. The fourth-order valence-electron chi connectivity index (χ4n) is 2.94. The Balaban J connectivity index is 2.03. The maximum atomic E-state index is 12.9. The summed E-state index contributed by atoms with van der Waals surface area (Å²) in [5, 5.41) is 0. The Kier molecular flexibility index (Phi) is 3.67. The molecule has 1 atom stereocenters. The minimum Gasteiger partial charge on any atom is -0.369 e. The predicted molar refractivity (Wildman–Crippen MR) is 85.7 cm³/mol. The van der Waals surface area contributed by atoms with Crippen LogP contribution in [0.15, 0.2) is 48.5 Å². The number of amides is 2. The van der Waals surface area contributed by atoms with Gasteiger partial charge in [-0.05, 0) is 36.6 Å². The Bertz CT molecular complexity index is 739. The van der Waals surface area contributed by atoms with Crippen molar-refractivity contribution in [2.75, 3.05) is 11.4 Å². The highest BCUT2D eigenvalue weighted by Gasteiger charge is 2.31. The van der Waals surface area contributed by atoms with Crippen molar-refractivity contribution in [1.82, 2.24) is 0 Å². The average Bonchev–Trinajstić information content (AvgIpc) is 2.53. The second kappa shape index (κ2) is 5.64. The number of hydrogen-bond donors (Lipinski definition) is 1. The van der Waals surface area contributed by atoms with Crippen LogP contribution in [0.3, 0.4) is 0 Å². The smallest absolute Gasteiger partial charge is 0.258 e. The van der Waals surface area contributed by atoms with Gasteiger partial charge in [-0.3, -0.25) is 9.59 Å². The summed E-state index contributed by atoms with van der Waals surface area (Å²) < 4.78 is 0. The zero-order chi connectivity index (χ0) is 15.7. The fraction of sp³-hybridized carbons (Fsp3) is 0.222. The lowest BCUT2D eigenvalue weighted by Crippen LogP contribution is -2.44. The second-order valence-corrected chi connectivity index (χ2v) is 5.66. The van der Waals surface area contributed by atoms with Gasteiger partial charge in [-0.15, -0.1) is 0 Å². The SMILES string of the molecule is Cc1ccccc1C(=O)N1CC(C(N)=O)Cc2ccccc21. The van der Waals surface area contributed by atoms with E-state index >= 15 is 0 Å². The van der Waals surface area contributed by atoms with Gasteiger partial charge in [0.05, 0.1) is 5.92 Å². The second-order valence-electron chi connectivity index (χ2n) is 5.66. The zero-order valence-electron chi connectivity index (χ0n) is 12.5. The van der Waals surface area contributed by atoms with E-state index in [2.05, 4.69) is 0 Å². The molecule has 22 heavy (non-hydrogen) atoms. The van der Waals surface area contributed by atoms with Gasteiger partial charge in [0.25, 0.3) is 5.91 Å². The van der Waals surface area contributed by atoms with Crippen molar-refractivity contribution in [2.24, 2.45) is 11.7 Å². The van der Waals surface area contributed by atoms with Crippen molar-refractivity contribution in [1.29, 1.82) is 0 Å². The van der Waals surface area contributed by atoms with Crippen LogP contribution >= 0.6 is 0 Å². The molecule has 1 aliphatic rings. The summed E-state index contributed by atoms with van der Waals surface area (Å²) >= 11 is 0. The molecule has 2 N–H and O–H groups in total.